The zero-order chi connectivity index (χ0) is 14.0. The maximum atomic E-state index is 12.0. The summed E-state index contributed by atoms with van der Waals surface area (Å²) < 4.78 is 0. The van der Waals surface area contributed by atoms with Gasteiger partial charge < -0.3 is 5.73 Å². The van der Waals surface area contributed by atoms with Gasteiger partial charge in [0.15, 0.2) is 0 Å². The van der Waals surface area contributed by atoms with Crippen LogP contribution in [0.4, 0.5) is 4.79 Å². The summed E-state index contributed by atoms with van der Waals surface area (Å²) in [6.07, 6.45) is 1.61. The molecule has 1 aliphatic heterocycles. The van der Waals surface area contributed by atoms with Gasteiger partial charge in [-0.25, -0.2) is 0 Å². The van der Waals surface area contributed by atoms with Crippen molar-refractivity contribution in [1.29, 1.82) is 0 Å². The van der Waals surface area contributed by atoms with Crippen molar-refractivity contribution in [3.63, 3.8) is 0 Å². The Bertz CT molecular complexity index is 578. The van der Waals surface area contributed by atoms with Crippen LogP contribution in [-0.2, 0) is 4.79 Å². The summed E-state index contributed by atoms with van der Waals surface area (Å²) in [5.74, 6) is -0.327. The van der Waals surface area contributed by atoms with Crippen LogP contribution in [0.5, 0.6) is 0 Å². The third kappa shape index (κ3) is 3.68. The average molecular weight is 354 g/mol. The van der Waals surface area contributed by atoms with E-state index in [-0.39, 0.29) is 36.6 Å². The van der Waals surface area contributed by atoms with Gasteiger partial charge in [-0.1, -0.05) is 29.3 Å². The smallest absolute Gasteiger partial charge is 0.293 e. The van der Waals surface area contributed by atoms with E-state index >= 15 is 0 Å². The number of hydrogen-bond donors (Lipinski definition) is 1. The monoisotopic (exact) mass is 352 g/mol. The Balaban J connectivity index is 0.00000200. The molecule has 1 fully saturated rings. The van der Waals surface area contributed by atoms with Crippen molar-refractivity contribution in [2.24, 2.45) is 5.73 Å². The van der Waals surface area contributed by atoms with Crippen LogP contribution in [0.3, 0.4) is 0 Å². The van der Waals surface area contributed by atoms with E-state index in [2.05, 4.69) is 0 Å². The normalized spacial score (nSPS) is 16.8. The minimum atomic E-state index is -0.327. The van der Waals surface area contributed by atoms with E-state index in [9.17, 15) is 9.59 Å². The molecule has 0 atom stereocenters. The minimum absolute atomic E-state index is 0. The number of thioether (sulfide) groups is 1. The molecule has 0 unspecified atom stereocenters. The maximum absolute atomic E-state index is 12.0. The van der Waals surface area contributed by atoms with Gasteiger partial charge in [0.1, 0.15) is 0 Å². The molecule has 20 heavy (non-hydrogen) atoms. The number of carbonyl (C=O) groups is 2. The van der Waals surface area contributed by atoms with Crippen LogP contribution in [0.1, 0.15) is 5.56 Å². The Kier molecular flexibility index (Phi) is 6.36. The van der Waals surface area contributed by atoms with Gasteiger partial charge in [-0.05, 0) is 35.5 Å². The first-order valence-electron chi connectivity index (χ1n) is 5.43. The fraction of sp³-hybridized carbons (Fsp3) is 0.167. The number of nitrogens with two attached hydrogens (primary N) is 1. The summed E-state index contributed by atoms with van der Waals surface area (Å²) in [6, 6.07) is 5.01. The lowest BCUT2D eigenvalue weighted by Gasteiger charge is -2.09. The lowest BCUT2D eigenvalue weighted by atomic mass is 10.2. The third-order valence-corrected chi connectivity index (χ3v) is 4.11. The highest BCUT2D eigenvalue weighted by atomic mass is 35.5. The number of nitrogens with zero attached hydrogens (tertiary/aromatic N) is 1. The van der Waals surface area contributed by atoms with Gasteiger partial charge >= 0.3 is 0 Å². The molecule has 0 saturated carbocycles. The van der Waals surface area contributed by atoms with E-state index in [0.29, 0.717) is 20.5 Å². The third-order valence-electron chi connectivity index (χ3n) is 2.47. The largest absolute Gasteiger partial charge is 0.329 e. The first-order valence-corrected chi connectivity index (χ1v) is 7.00. The quantitative estimate of drug-likeness (QED) is 0.846. The van der Waals surface area contributed by atoms with Crippen molar-refractivity contribution in [3.8, 4) is 0 Å². The van der Waals surface area contributed by atoms with Crippen molar-refractivity contribution in [1.82, 2.24) is 4.90 Å². The Morgan fingerprint density at radius 2 is 1.95 bits per heavy atom. The molecule has 1 aliphatic rings. The number of hydrogen-bond acceptors (Lipinski definition) is 4. The van der Waals surface area contributed by atoms with Crippen LogP contribution < -0.4 is 5.73 Å². The highest BCUT2D eigenvalue weighted by Gasteiger charge is 2.34. The fourth-order valence-electron chi connectivity index (χ4n) is 1.58. The molecule has 2 N–H and O–H groups in total. The molecule has 0 radical (unpaired) electrons. The van der Waals surface area contributed by atoms with Gasteiger partial charge in [-0.2, -0.15) is 0 Å². The molecule has 2 amide bonds. The predicted octanol–water partition coefficient (Wildman–Crippen LogP) is 3.41. The molecule has 1 aromatic rings. The number of carbonyl (C=O) groups excluding carboxylic acids is 2. The summed E-state index contributed by atoms with van der Waals surface area (Å²) in [5.41, 5.74) is 6.08. The Labute approximate surface area is 136 Å². The molecular formula is C12H11Cl3N2O2S. The van der Waals surface area contributed by atoms with Gasteiger partial charge in [0.2, 0.25) is 0 Å². The highest BCUT2D eigenvalue weighted by Crippen LogP contribution is 2.32. The van der Waals surface area contributed by atoms with Crippen molar-refractivity contribution in [2.75, 3.05) is 13.1 Å². The molecular weight excluding hydrogens is 343 g/mol. The van der Waals surface area contributed by atoms with Crippen LogP contribution >= 0.6 is 47.4 Å². The molecule has 0 aromatic heterocycles. The van der Waals surface area contributed by atoms with Crippen LogP contribution in [0, 0.1) is 0 Å². The standard InChI is InChI=1S/C12H10Cl2N2O2S.ClH/c13-8-2-1-7(5-9(8)14)6-10-11(17)16(4-3-15)12(18)19-10;/h1-2,5-6H,3-4,15H2;1H/b10-6+;. The second-order valence-electron chi connectivity index (χ2n) is 3.80. The van der Waals surface area contributed by atoms with Crippen molar-refractivity contribution >= 4 is 64.6 Å². The van der Waals surface area contributed by atoms with Gasteiger partial charge in [-0.15, -0.1) is 12.4 Å². The topological polar surface area (TPSA) is 63.4 Å². The molecule has 4 nitrogen and oxygen atoms in total. The molecule has 1 heterocycles. The number of rotatable bonds is 3. The molecule has 0 aliphatic carbocycles. The maximum Gasteiger partial charge on any atom is 0.293 e. The second kappa shape index (κ2) is 7.33. The zero-order valence-corrected chi connectivity index (χ0v) is 13.3. The summed E-state index contributed by atoms with van der Waals surface area (Å²) in [7, 11) is 0. The first-order chi connectivity index (χ1) is 9.02. The van der Waals surface area contributed by atoms with Crippen LogP contribution in [0.2, 0.25) is 10.0 Å². The summed E-state index contributed by atoms with van der Waals surface area (Å²) in [5, 5.41) is 0.536. The predicted molar refractivity (Wildman–Crippen MR) is 85.4 cm³/mol. The van der Waals surface area contributed by atoms with E-state index < -0.39 is 0 Å². The first kappa shape index (κ1) is 17.3. The van der Waals surface area contributed by atoms with Crippen molar-refractivity contribution < 1.29 is 9.59 Å². The lowest BCUT2D eigenvalue weighted by molar-refractivity contribution is -0.122. The van der Waals surface area contributed by atoms with E-state index in [1.807, 2.05) is 0 Å². The Morgan fingerprint density at radius 1 is 1.25 bits per heavy atom. The summed E-state index contributed by atoms with van der Waals surface area (Å²) in [6.45, 7) is 0.474. The number of amides is 2. The van der Waals surface area contributed by atoms with Crippen LogP contribution in [0.15, 0.2) is 23.1 Å². The van der Waals surface area contributed by atoms with E-state index in [1.165, 1.54) is 0 Å². The van der Waals surface area contributed by atoms with Gasteiger partial charge in [0.05, 0.1) is 15.0 Å². The minimum Gasteiger partial charge on any atom is -0.329 e. The van der Waals surface area contributed by atoms with Crippen LogP contribution in [0.25, 0.3) is 6.08 Å². The summed E-state index contributed by atoms with van der Waals surface area (Å²) >= 11 is 12.6. The number of benzene rings is 1. The number of imide groups is 1. The molecule has 1 saturated heterocycles. The van der Waals surface area contributed by atoms with E-state index in [0.717, 1.165) is 16.7 Å². The van der Waals surface area contributed by atoms with Gasteiger partial charge in [-0.3, -0.25) is 14.5 Å². The zero-order valence-electron chi connectivity index (χ0n) is 10.1. The van der Waals surface area contributed by atoms with Gasteiger partial charge in [0.25, 0.3) is 11.1 Å². The highest BCUT2D eigenvalue weighted by molar-refractivity contribution is 8.18. The van der Waals surface area contributed by atoms with E-state index in [1.54, 1.807) is 24.3 Å². The van der Waals surface area contributed by atoms with Gasteiger partial charge in [0, 0.05) is 13.1 Å². The molecule has 0 spiro atoms. The molecule has 8 heteroatoms. The molecule has 0 bridgehead atoms. The van der Waals surface area contributed by atoms with Crippen molar-refractivity contribution in [3.05, 3.63) is 38.7 Å². The van der Waals surface area contributed by atoms with E-state index in [4.69, 9.17) is 28.9 Å². The molecule has 108 valence electrons. The Hall–Kier alpha value is -0.720. The second-order valence-corrected chi connectivity index (χ2v) is 5.60. The van der Waals surface area contributed by atoms with Crippen molar-refractivity contribution in [2.45, 2.75) is 0 Å². The summed E-state index contributed by atoms with van der Waals surface area (Å²) in [4.78, 5) is 25.1. The average Bonchev–Trinajstić information content (AvgIpc) is 2.62. The fourth-order valence-corrected chi connectivity index (χ4v) is 2.75. The molecule has 2 rings (SSSR count). The SMILES string of the molecule is Cl.NCCN1C(=O)S/C(=C/c2ccc(Cl)c(Cl)c2)C1=O. The Morgan fingerprint density at radius 3 is 2.55 bits per heavy atom. The molecule has 1 aromatic carbocycles. The lowest BCUT2D eigenvalue weighted by Crippen LogP contribution is -2.33. The number of halogens is 3. The van der Waals surface area contributed by atoms with Crippen LogP contribution in [-0.4, -0.2) is 29.1 Å².